The van der Waals surface area contributed by atoms with E-state index in [-0.39, 0.29) is 0 Å². The van der Waals surface area contributed by atoms with Crippen molar-refractivity contribution in [2.45, 2.75) is 32.2 Å². The van der Waals surface area contributed by atoms with Crippen LogP contribution in [0.15, 0.2) is 66.9 Å². The number of rotatable bonds is 5. The second-order valence-corrected chi connectivity index (χ2v) is 10.2. The summed E-state index contributed by atoms with van der Waals surface area (Å²) in [5, 5.41) is 0. The van der Waals surface area contributed by atoms with Gasteiger partial charge in [-0.2, -0.15) is 0 Å². The summed E-state index contributed by atoms with van der Waals surface area (Å²) in [5.74, 6) is 2.03. The van der Waals surface area contributed by atoms with Crippen molar-refractivity contribution in [3.8, 4) is 22.5 Å². The Labute approximate surface area is 205 Å². The molecule has 0 radical (unpaired) electrons. The van der Waals surface area contributed by atoms with Crippen molar-refractivity contribution in [1.29, 1.82) is 0 Å². The number of hydrogen-bond acceptors (Lipinski definition) is 3. The number of nitrogens with zero attached hydrogens (tertiary/aromatic N) is 4. The van der Waals surface area contributed by atoms with Crippen LogP contribution in [-0.4, -0.2) is 38.4 Å². The normalized spacial score (nSPS) is 19.0. The Morgan fingerprint density at radius 1 is 0.971 bits per heavy atom. The number of hydrogen-bond donors (Lipinski definition) is 0. The Kier molecular flexibility index (Phi) is 4.83. The van der Waals surface area contributed by atoms with Crippen LogP contribution in [-0.2, 0) is 17.8 Å². The van der Waals surface area contributed by atoms with Gasteiger partial charge in [0, 0.05) is 37.3 Å². The first-order valence-electron chi connectivity index (χ1n) is 12.7. The Bertz CT molecular complexity index is 1460. The predicted octanol–water partition coefficient (Wildman–Crippen LogP) is 5.59. The summed E-state index contributed by atoms with van der Waals surface area (Å²) in [6.45, 7) is 2.55. The molecule has 5 heteroatoms. The van der Waals surface area contributed by atoms with Crippen molar-refractivity contribution >= 4 is 23.1 Å². The molecule has 35 heavy (non-hydrogen) atoms. The highest BCUT2D eigenvalue weighted by Gasteiger charge is 2.36. The summed E-state index contributed by atoms with van der Waals surface area (Å²) < 4.78 is 2.27. The van der Waals surface area contributed by atoms with Crippen LogP contribution >= 0.6 is 0 Å². The topological polar surface area (TPSA) is 51.0 Å². The number of carbonyl (C=O) groups is 1. The van der Waals surface area contributed by atoms with Crippen LogP contribution in [0.1, 0.15) is 30.4 Å². The van der Waals surface area contributed by atoms with Gasteiger partial charge in [0.2, 0.25) is 5.91 Å². The van der Waals surface area contributed by atoms with E-state index in [1.54, 1.807) is 0 Å². The van der Waals surface area contributed by atoms with E-state index >= 15 is 0 Å². The Balaban J connectivity index is 1.18. The summed E-state index contributed by atoms with van der Waals surface area (Å²) in [4.78, 5) is 24.3. The highest BCUT2D eigenvalue weighted by Crippen LogP contribution is 2.34. The maximum atomic E-state index is 12.6. The third-order valence-corrected chi connectivity index (χ3v) is 7.72. The second-order valence-electron chi connectivity index (χ2n) is 10.2. The molecule has 174 valence electrons. The molecular weight excluding hydrogens is 432 g/mol. The van der Waals surface area contributed by atoms with Gasteiger partial charge >= 0.3 is 0 Å². The van der Waals surface area contributed by atoms with Gasteiger partial charge < -0.3 is 9.47 Å². The highest BCUT2D eigenvalue weighted by atomic mass is 16.2. The standard InChI is InChI=1S/C30H28N4O/c35-30(24-11-12-24)33-16-14-20(18-33)19-34-28(32-27-5-2-15-31-29(27)34)23-9-6-22(7-10-23)26-13-8-21-3-1-4-25(21)17-26/h1-3,5-10,13,15,17,20,24H,4,11-12,14,16,18-19H2/t20-/m1/s1. The number of pyridine rings is 1. The van der Waals surface area contributed by atoms with E-state index in [2.05, 4.69) is 69.1 Å². The summed E-state index contributed by atoms with van der Waals surface area (Å²) in [5.41, 5.74) is 8.13. The molecule has 3 aliphatic rings. The molecule has 1 atom stereocenters. The van der Waals surface area contributed by atoms with Crippen molar-refractivity contribution in [2.24, 2.45) is 11.8 Å². The van der Waals surface area contributed by atoms with Crippen molar-refractivity contribution < 1.29 is 4.79 Å². The summed E-state index contributed by atoms with van der Waals surface area (Å²) in [6, 6.07) is 19.5. The minimum atomic E-state index is 0.292. The van der Waals surface area contributed by atoms with Crippen molar-refractivity contribution in [3.63, 3.8) is 0 Å². The van der Waals surface area contributed by atoms with Crippen LogP contribution in [0.2, 0.25) is 0 Å². The van der Waals surface area contributed by atoms with Gasteiger partial charge in [0.1, 0.15) is 11.3 Å². The Hall–Kier alpha value is -3.73. The fourth-order valence-electron chi connectivity index (χ4n) is 5.63. The summed E-state index contributed by atoms with van der Waals surface area (Å²) in [7, 11) is 0. The average Bonchev–Trinajstić information content (AvgIpc) is 3.30. The number of imidazole rings is 1. The number of amides is 1. The van der Waals surface area contributed by atoms with E-state index < -0.39 is 0 Å². The van der Waals surface area contributed by atoms with Crippen molar-refractivity contribution in [1.82, 2.24) is 19.4 Å². The molecule has 0 spiro atoms. The average molecular weight is 461 g/mol. The monoisotopic (exact) mass is 460 g/mol. The van der Waals surface area contributed by atoms with E-state index in [4.69, 9.17) is 4.98 Å². The fourth-order valence-corrected chi connectivity index (χ4v) is 5.63. The number of benzene rings is 2. The molecule has 0 N–H and O–H groups in total. The number of allylic oxidation sites excluding steroid dienone is 1. The van der Waals surface area contributed by atoms with Crippen LogP contribution in [0.3, 0.4) is 0 Å². The van der Waals surface area contributed by atoms with Gasteiger partial charge in [0.15, 0.2) is 5.65 Å². The molecule has 2 aliphatic carbocycles. The summed E-state index contributed by atoms with van der Waals surface area (Å²) in [6.07, 6.45) is 10.5. The zero-order valence-electron chi connectivity index (χ0n) is 19.7. The minimum absolute atomic E-state index is 0.292. The maximum absolute atomic E-state index is 12.6. The van der Waals surface area contributed by atoms with Crippen molar-refractivity contribution in [3.05, 3.63) is 78.0 Å². The van der Waals surface area contributed by atoms with Crippen molar-refractivity contribution in [2.75, 3.05) is 13.1 Å². The SMILES string of the molecule is O=C(C1CC1)N1CC[C@@H](Cn2c(-c3ccc(-c4ccc5c(c4)CC=C5)cc3)nc3cccnc32)C1. The first kappa shape index (κ1) is 20.6. The molecule has 1 amide bonds. The fraction of sp³-hybridized carbons (Fsp3) is 0.300. The maximum Gasteiger partial charge on any atom is 0.225 e. The second kappa shape index (κ2) is 8.19. The van der Waals surface area contributed by atoms with Crippen LogP contribution in [0.25, 0.3) is 39.8 Å². The number of likely N-dealkylation sites (tertiary alicyclic amines) is 1. The molecule has 5 nitrogen and oxygen atoms in total. The molecule has 2 aromatic heterocycles. The van der Waals surface area contributed by atoms with Gasteiger partial charge in [-0.1, -0.05) is 54.6 Å². The third-order valence-electron chi connectivity index (χ3n) is 7.72. The van der Waals surface area contributed by atoms with E-state index in [1.807, 2.05) is 18.3 Å². The lowest BCUT2D eigenvalue weighted by Crippen LogP contribution is -2.30. The van der Waals surface area contributed by atoms with Gasteiger partial charge in [-0.3, -0.25) is 4.79 Å². The molecule has 7 rings (SSSR count). The summed E-state index contributed by atoms with van der Waals surface area (Å²) >= 11 is 0. The van der Waals surface area contributed by atoms with E-state index in [9.17, 15) is 4.79 Å². The quantitative estimate of drug-likeness (QED) is 0.390. The van der Waals surface area contributed by atoms with E-state index in [0.717, 1.165) is 67.9 Å². The Morgan fingerprint density at radius 2 is 1.80 bits per heavy atom. The minimum Gasteiger partial charge on any atom is -0.342 e. The third kappa shape index (κ3) is 3.75. The first-order valence-corrected chi connectivity index (χ1v) is 12.7. The van der Waals surface area contributed by atoms with E-state index in [0.29, 0.717) is 17.7 Å². The number of aromatic nitrogens is 3. The molecule has 3 heterocycles. The molecular formula is C30H28N4O. The van der Waals surface area contributed by atoms with Gasteiger partial charge in [0.05, 0.1) is 0 Å². The first-order chi connectivity index (χ1) is 17.2. The largest absolute Gasteiger partial charge is 0.342 e. The predicted molar refractivity (Wildman–Crippen MR) is 139 cm³/mol. The van der Waals surface area contributed by atoms with Gasteiger partial charge in [-0.05, 0) is 66.0 Å². The molecule has 1 saturated carbocycles. The van der Waals surface area contributed by atoms with Gasteiger partial charge in [0.25, 0.3) is 0 Å². The lowest BCUT2D eigenvalue weighted by atomic mass is 9.99. The van der Waals surface area contributed by atoms with Gasteiger partial charge in [-0.25, -0.2) is 9.97 Å². The molecule has 2 fully saturated rings. The van der Waals surface area contributed by atoms with Crippen LogP contribution in [0.5, 0.6) is 0 Å². The van der Waals surface area contributed by atoms with Crippen LogP contribution in [0.4, 0.5) is 0 Å². The van der Waals surface area contributed by atoms with Gasteiger partial charge in [-0.15, -0.1) is 0 Å². The molecule has 0 unspecified atom stereocenters. The number of fused-ring (bicyclic) bond motifs is 2. The molecule has 1 saturated heterocycles. The Morgan fingerprint density at radius 3 is 2.66 bits per heavy atom. The number of carbonyl (C=O) groups excluding carboxylic acids is 1. The molecule has 0 bridgehead atoms. The highest BCUT2D eigenvalue weighted by molar-refractivity contribution is 5.81. The lowest BCUT2D eigenvalue weighted by Gasteiger charge is -2.17. The molecule has 1 aliphatic heterocycles. The molecule has 4 aromatic rings. The van der Waals surface area contributed by atoms with Crippen LogP contribution < -0.4 is 0 Å². The van der Waals surface area contributed by atoms with E-state index in [1.165, 1.54) is 22.3 Å². The van der Waals surface area contributed by atoms with Crippen LogP contribution in [0, 0.1) is 11.8 Å². The zero-order chi connectivity index (χ0) is 23.4. The smallest absolute Gasteiger partial charge is 0.225 e. The zero-order valence-corrected chi connectivity index (χ0v) is 19.7. The molecule has 2 aromatic carbocycles. The lowest BCUT2D eigenvalue weighted by molar-refractivity contribution is -0.131.